The van der Waals surface area contributed by atoms with Crippen LogP contribution in [-0.2, 0) is 13.8 Å². The quantitative estimate of drug-likeness (QED) is 0.765. The lowest BCUT2D eigenvalue weighted by Gasteiger charge is -2.22. The summed E-state index contributed by atoms with van der Waals surface area (Å²) in [6, 6.07) is 4.78. The van der Waals surface area contributed by atoms with Gasteiger partial charge in [0, 0.05) is 28.4 Å². The first-order valence-electron chi connectivity index (χ1n) is 5.91. The fourth-order valence-electron chi connectivity index (χ4n) is 1.91. The molecule has 1 fully saturated rings. The van der Waals surface area contributed by atoms with Crippen LogP contribution < -0.4 is 4.74 Å². The van der Waals surface area contributed by atoms with Crippen molar-refractivity contribution in [3.05, 3.63) is 22.7 Å². The molecule has 0 radical (unpaired) electrons. The first kappa shape index (κ1) is 15.1. The second-order valence-electron chi connectivity index (χ2n) is 4.40. The van der Waals surface area contributed by atoms with Gasteiger partial charge in [-0.2, -0.15) is 0 Å². The lowest BCUT2D eigenvalue weighted by Crippen LogP contribution is -2.21. The van der Waals surface area contributed by atoms with Gasteiger partial charge in [-0.3, -0.25) is 0 Å². The monoisotopic (exact) mass is 368 g/mol. The summed E-state index contributed by atoms with van der Waals surface area (Å²) in [5.74, 6) is 0.688. The molecule has 0 aliphatic carbocycles. The highest BCUT2D eigenvalue weighted by molar-refractivity contribution is 9.10. The zero-order valence-corrected chi connectivity index (χ0v) is 13.3. The third-order valence-electron chi connectivity index (χ3n) is 2.98. The van der Waals surface area contributed by atoms with E-state index < -0.39 is 9.05 Å². The summed E-state index contributed by atoms with van der Waals surface area (Å²) in [4.78, 5) is -0.00407. The van der Waals surface area contributed by atoms with Gasteiger partial charge in [-0.25, -0.2) is 8.42 Å². The normalized spacial score (nSPS) is 17.4. The molecule has 0 atom stereocenters. The van der Waals surface area contributed by atoms with E-state index in [9.17, 15) is 8.42 Å². The van der Waals surface area contributed by atoms with E-state index in [1.54, 1.807) is 12.1 Å². The molecule has 106 valence electrons. The molecule has 19 heavy (non-hydrogen) atoms. The van der Waals surface area contributed by atoms with E-state index in [4.69, 9.17) is 20.2 Å². The van der Waals surface area contributed by atoms with Crippen molar-refractivity contribution in [2.75, 3.05) is 19.8 Å². The van der Waals surface area contributed by atoms with Gasteiger partial charge < -0.3 is 9.47 Å². The summed E-state index contributed by atoms with van der Waals surface area (Å²) in [5.41, 5.74) is 0. The van der Waals surface area contributed by atoms with E-state index in [2.05, 4.69) is 15.9 Å². The summed E-state index contributed by atoms with van der Waals surface area (Å²) >= 11 is 3.22. The topological polar surface area (TPSA) is 52.6 Å². The van der Waals surface area contributed by atoms with Gasteiger partial charge in [-0.1, -0.05) is 15.9 Å². The predicted octanol–water partition coefficient (Wildman–Crippen LogP) is 3.18. The molecule has 1 aliphatic rings. The smallest absolute Gasteiger partial charge is 0.265 e. The molecule has 1 aromatic carbocycles. The summed E-state index contributed by atoms with van der Waals surface area (Å²) in [6.07, 6.45) is 1.86. The largest absolute Gasteiger partial charge is 0.492 e. The summed E-state index contributed by atoms with van der Waals surface area (Å²) in [7, 11) is 1.59. The minimum absolute atomic E-state index is 0.00407. The highest BCUT2D eigenvalue weighted by atomic mass is 79.9. The van der Waals surface area contributed by atoms with Crippen molar-refractivity contribution >= 4 is 35.7 Å². The van der Waals surface area contributed by atoms with Gasteiger partial charge in [0.2, 0.25) is 0 Å². The van der Waals surface area contributed by atoms with Gasteiger partial charge in [0.25, 0.3) is 9.05 Å². The molecule has 0 aromatic heterocycles. The number of ether oxygens (including phenoxy) is 2. The molecule has 0 spiro atoms. The van der Waals surface area contributed by atoms with E-state index in [0.717, 1.165) is 26.1 Å². The maximum Gasteiger partial charge on any atom is 0.265 e. The molecule has 1 heterocycles. The molecule has 0 bridgehead atoms. The van der Waals surface area contributed by atoms with Gasteiger partial charge in [0.1, 0.15) is 10.6 Å². The van der Waals surface area contributed by atoms with E-state index in [0.29, 0.717) is 22.7 Å². The van der Waals surface area contributed by atoms with Crippen LogP contribution in [0.2, 0.25) is 0 Å². The van der Waals surface area contributed by atoms with Gasteiger partial charge in [0.15, 0.2) is 0 Å². The number of hydrogen-bond donors (Lipinski definition) is 0. The van der Waals surface area contributed by atoms with Crippen LogP contribution in [0.1, 0.15) is 12.8 Å². The van der Waals surface area contributed by atoms with Gasteiger partial charge in [-0.15, -0.1) is 0 Å². The van der Waals surface area contributed by atoms with E-state index >= 15 is 0 Å². The van der Waals surface area contributed by atoms with Crippen LogP contribution in [-0.4, -0.2) is 28.2 Å². The zero-order valence-electron chi connectivity index (χ0n) is 10.1. The second kappa shape index (κ2) is 6.43. The van der Waals surface area contributed by atoms with Crippen molar-refractivity contribution in [3.8, 4) is 5.75 Å². The second-order valence-corrected chi connectivity index (χ2v) is 7.85. The molecular formula is C12H14BrClO4S. The lowest BCUT2D eigenvalue weighted by molar-refractivity contribution is 0.0493. The van der Waals surface area contributed by atoms with Crippen LogP contribution in [0.15, 0.2) is 27.6 Å². The Balaban J connectivity index is 2.11. The standard InChI is InChI=1S/C12H14BrClO4S/c13-10-1-2-11(12(7-10)19(14,15)16)18-8-9-3-5-17-6-4-9/h1-2,7,9H,3-6,8H2. The Morgan fingerprint density at radius 1 is 1.37 bits per heavy atom. The molecule has 0 N–H and O–H groups in total. The Kier molecular flexibility index (Phi) is 5.11. The van der Waals surface area contributed by atoms with Crippen molar-refractivity contribution in [1.82, 2.24) is 0 Å². The van der Waals surface area contributed by atoms with Crippen LogP contribution in [0.5, 0.6) is 5.75 Å². The van der Waals surface area contributed by atoms with E-state index in [1.165, 1.54) is 6.07 Å². The number of benzene rings is 1. The molecule has 1 aromatic rings. The molecule has 0 unspecified atom stereocenters. The summed E-state index contributed by atoms with van der Waals surface area (Å²) in [6.45, 7) is 1.94. The van der Waals surface area contributed by atoms with Gasteiger partial charge in [-0.05, 0) is 37.0 Å². The van der Waals surface area contributed by atoms with Crippen LogP contribution in [0, 0.1) is 5.92 Å². The van der Waals surface area contributed by atoms with Gasteiger partial charge >= 0.3 is 0 Å². The fraction of sp³-hybridized carbons (Fsp3) is 0.500. The zero-order chi connectivity index (χ0) is 13.9. The third-order valence-corrected chi connectivity index (χ3v) is 4.82. The average Bonchev–Trinajstić information content (AvgIpc) is 2.37. The minimum Gasteiger partial charge on any atom is -0.492 e. The Morgan fingerprint density at radius 3 is 2.68 bits per heavy atom. The maximum atomic E-state index is 11.5. The van der Waals surface area contributed by atoms with Gasteiger partial charge in [0.05, 0.1) is 6.61 Å². The SMILES string of the molecule is O=S(=O)(Cl)c1cc(Br)ccc1OCC1CCOCC1. The first-order chi connectivity index (χ1) is 8.97. The molecule has 0 saturated carbocycles. The lowest BCUT2D eigenvalue weighted by atomic mass is 10.0. The highest BCUT2D eigenvalue weighted by Crippen LogP contribution is 2.30. The molecule has 2 rings (SSSR count). The maximum absolute atomic E-state index is 11.5. The fourth-order valence-corrected chi connectivity index (χ4v) is 3.42. The van der Waals surface area contributed by atoms with Crippen molar-refractivity contribution in [1.29, 1.82) is 0 Å². The minimum atomic E-state index is -3.82. The number of halogens is 2. The summed E-state index contributed by atoms with van der Waals surface area (Å²) < 4.78 is 34.5. The van der Waals surface area contributed by atoms with Crippen LogP contribution in [0.4, 0.5) is 0 Å². The third kappa shape index (κ3) is 4.34. The number of hydrogen-bond acceptors (Lipinski definition) is 4. The average molecular weight is 370 g/mol. The van der Waals surface area contributed by atoms with Crippen LogP contribution >= 0.6 is 26.6 Å². The summed E-state index contributed by atoms with van der Waals surface area (Å²) in [5, 5.41) is 0. The van der Waals surface area contributed by atoms with Crippen LogP contribution in [0.25, 0.3) is 0 Å². The number of rotatable bonds is 4. The molecule has 4 nitrogen and oxygen atoms in total. The van der Waals surface area contributed by atoms with E-state index in [1.807, 2.05) is 0 Å². The Hall–Kier alpha value is -0.300. The molecule has 1 saturated heterocycles. The van der Waals surface area contributed by atoms with Crippen molar-refractivity contribution in [2.24, 2.45) is 5.92 Å². The molecule has 0 amide bonds. The molecule has 1 aliphatic heterocycles. The van der Waals surface area contributed by atoms with Crippen molar-refractivity contribution in [2.45, 2.75) is 17.7 Å². The van der Waals surface area contributed by atoms with E-state index in [-0.39, 0.29) is 4.90 Å². The Labute approximate surface area is 125 Å². The predicted molar refractivity (Wildman–Crippen MR) is 76.2 cm³/mol. The first-order valence-corrected chi connectivity index (χ1v) is 9.02. The Bertz CT molecular complexity index is 541. The molecule has 7 heteroatoms. The highest BCUT2D eigenvalue weighted by Gasteiger charge is 2.20. The Morgan fingerprint density at radius 2 is 2.05 bits per heavy atom. The van der Waals surface area contributed by atoms with Crippen molar-refractivity contribution in [3.63, 3.8) is 0 Å². The van der Waals surface area contributed by atoms with Crippen LogP contribution in [0.3, 0.4) is 0 Å². The molecular weight excluding hydrogens is 356 g/mol. The van der Waals surface area contributed by atoms with Crippen molar-refractivity contribution < 1.29 is 17.9 Å².